The van der Waals surface area contributed by atoms with Gasteiger partial charge in [-0.2, -0.15) is 0 Å². The summed E-state index contributed by atoms with van der Waals surface area (Å²) in [6.45, 7) is 5.60. The molecule has 1 heterocycles. The summed E-state index contributed by atoms with van der Waals surface area (Å²) in [4.78, 5) is 13.7. The number of hydrogen-bond donors (Lipinski definition) is 3. The molecule has 0 aromatic carbocycles. The van der Waals surface area contributed by atoms with Crippen molar-refractivity contribution in [2.24, 2.45) is 0 Å². The van der Waals surface area contributed by atoms with E-state index in [1.54, 1.807) is 6.92 Å². The number of carbonyl (C=O) groups is 1. The normalized spacial score (nSPS) is 12.4. The molecule has 96 valence electrons. The van der Waals surface area contributed by atoms with Gasteiger partial charge in [0.2, 0.25) is 0 Å². The highest BCUT2D eigenvalue weighted by atomic mass is 32.1. The average molecular weight is 256 g/mol. The Morgan fingerprint density at radius 1 is 1.47 bits per heavy atom. The molecule has 4 nitrogen and oxygen atoms in total. The maximum absolute atomic E-state index is 11.7. The van der Waals surface area contributed by atoms with Gasteiger partial charge in [0.05, 0.1) is 11.0 Å². The molecule has 0 saturated carbocycles. The SMILES string of the molecule is CCc1ccc(C(=O)NCCNCC(C)O)s1. The third-order valence-corrected chi connectivity index (χ3v) is 3.49. The number of carbonyl (C=O) groups excluding carboxylic acids is 1. The van der Waals surface area contributed by atoms with Crippen LogP contribution in [-0.2, 0) is 6.42 Å². The molecule has 1 atom stereocenters. The molecule has 5 heteroatoms. The highest BCUT2D eigenvalue weighted by Crippen LogP contribution is 2.16. The first kappa shape index (κ1) is 14.2. The summed E-state index contributed by atoms with van der Waals surface area (Å²) in [7, 11) is 0. The summed E-state index contributed by atoms with van der Waals surface area (Å²) in [5.74, 6) is -0.0199. The highest BCUT2D eigenvalue weighted by molar-refractivity contribution is 7.14. The second-order valence-corrected chi connectivity index (χ2v) is 5.10. The second kappa shape index (κ2) is 7.42. The molecule has 3 N–H and O–H groups in total. The first-order valence-electron chi connectivity index (χ1n) is 5.89. The van der Waals surface area contributed by atoms with Crippen molar-refractivity contribution in [1.29, 1.82) is 0 Å². The zero-order valence-corrected chi connectivity index (χ0v) is 11.1. The van der Waals surface area contributed by atoms with Crippen LogP contribution in [0.4, 0.5) is 0 Å². The molecule has 0 aliphatic heterocycles. The molecular formula is C12H20N2O2S. The zero-order valence-electron chi connectivity index (χ0n) is 10.3. The number of thiophene rings is 1. The lowest BCUT2D eigenvalue weighted by Crippen LogP contribution is -2.34. The molecule has 1 aromatic rings. The van der Waals surface area contributed by atoms with E-state index in [9.17, 15) is 4.79 Å². The van der Waals surface area contributed by atoms with Gasteiger partial charge in [-0.1, -0.05) is 6.92 Å². The van der Waals surface area contributed by atoms with E-state index in [0.29, 0.717) is 19.6 Å². The molecule has 1 unspecified atom stereocenters. The van der Waals surface area contributed by atoms with Crippen molar-refractivity contribution >= 4 is 17.2 Å². The Labute approximate surface area is 106 Å². The van der Waals surface area contributed by atoms with Gasteiger partial charge in [-0.25, -0.2) is 0 Å². The van der Waals surface area contributed by atoms with Crippen LogP contribution >= 0.6 is 11.3 Å². The van der Waals surface area contributed by atoms with E-state index >= 15 is 0 Å². The Kier molecular flexibility index (Phi) is 6.18. The van der Waals surface area contributed by atoms with Gasteiger partial charge in [0, 0.05) is 24.5 Å². The smallest absolute Gasteiger partial charge is 0.261 e. The van der Waals surface area contributed by atoms with Crippen LogP contribution in [0.3, 0.4) is 0 Å². The summed E-state index contributed by atoms with van der Waals surface area (Å²) >= 11 is 1.54. The Bertz CT molecular complexity index is 350. The van der Waals surface area contributed by atoms with Crippen molar-refractivity contribution in [3.8, 4) is 0 Å². The summed E-state index contributed by atoms with van der Waals surface area (Å²) in [6, 6.07) is 3.85. The summed E-state index contributed by atoms with van der Waals surface area (Å²) in [6.07, 6.45) is 0.614. The fourth-order valence-corrected chi connectivity index (χ4v) is 2.22. The Morgan fingerprint density at radius 2 is 2.24 bits per heavy atom. The second-order valence-electron chi connectivity index (χ2n) is 3.93. The summed E-state index contributed by atoms with van der Waals surface area (Å²) in [5.41, 5.74) is 0. The molecule has 1 amide bonds. The third-order valence-electron chi connectivity index (χ3n) is 2.26. The molecule has 1 aromatic heterocycles. The van der Waals surface area contributed by atoms with Gasteiger partial charge in [-0.05, 0) is 25.5 Å². The molecule has 0 fully saturated rings. The summed E-state index contributed by atoms with van der Waals surface area (Å²) in [5, 5.41) is 14.9. The molecule has 0 aliphatic carbocycles. The highest BCUT2D eigenvalue weighted by Gasteiger charge is 2.07. The largest absolute Gasteiger partial charge is 0.392 e. The summed E-state index contributed by atoms with van der Waals surface area (Å²) < 4.78 is 0. The van der Waals surface area contributed by atoms with Crippen LogP contribution in [0.2, 0.25) is 0 Å². The van der Waals surface area contributed by atoms with Crippen molar-refractivity contribution < 1.29 is 9.90 Å². The lowest BCUT2D eigenvalue weighted by Gasteiger charge is -2.07. The number of hydrogen-bond acceptors (Lipinski definition) is 4. The van der Waals surface area contributed by atoms with Gasteiger partial charge in [-0.3, -0.25) is 4.79 Å². The van der Waals surface area contributed by atoms with Crippen molar-refractivity contribution in [3.63, 3.8) is 0 Å². The van der Waals surface area contributed by atoms with Crippen molar-refractivity contribution in [2.45, 2.75) is 26.4 Å². The topological polar surface area (TPSA) is 61.4 Å². The lowest BCUT2D eigenvalue weighted by atomic mass is 10.3. The van der Waals surface area contributed by atoms with Gasteiger partial charge >= 0.3 is 0 Å². The maximum Gasteiger partial charge on any atom is 0.261 e. The van der Waals surface area contributed by atoms with E-state index in [-0.39, 0.29) is 12.0 Å². The number of aliphatic hydroxyl groups excluding tert-OH is 1. The van der Waals surface area contributed by atoms with E-state index in [1.807, 2.05) is 12.1 Å². The van der Waals surface area contributed by atoms with Gasteiger partial charge < -0.3 is 15.7 Å². The molecule has 0 aliphatic rings. The predicted octanol–water partition coefficient (Wildman–Crippen LogP) is 1.01. The van der Waals surface area contributed by atoms with E-state index in [1.165, 1.54) is 16.2 Å². The van der Waals surface area contributed by atoms with Crippen molar-refractivity contribution in [3.05, 3.63) is 21.9 Å². The van der Waals surface area contributed by atoms with Crippen molar-refractivity contribution in [1.82, 2.24) is 10.6 Å². The minimum absolute atomic E-state index is 0.0199. The van der Waals surface area contributed by atoms with E-state index in [0.717, 1.165) is 11.3 Å². The molecule has 0 bridgehead atoms. The molecule has 17 heavy (non-hydrogen) atoms. The molecule has 0 spiro atoms. The van der Waals surface area contributed by atoms with E-state index in [4.69, 9.17) is 5.11 Å². The number of rotatable bonds is 7. The predicted molar refractivity (Wildman–Crippen MR) is 70.6 cm³/mol. The number of nitrogens with one attached hydrogen (secondary N) is 2. The van der Waals surface area contributed by atoms with Crippen molar-refractivity contribution in [2.75, 3.05) is 19.6 Å². The van der Waals surface area contributed by atoms with Crippen LogP contribution < -0.4 is 10.6 Å². The maximum atomic E-state index is 11.7. The van der Waals surface area contributed by atoms with Crippen LogP contribution in [0.25, 0.3) is 0 Å². The Morgan fingerprint density at radius 3 is 2.82 bits per heavy atom. The monoisotopic (exact) mass is 256 g/mol. The van der Waals surface area contributed by atoms with Gasteiger partial charge in [0.15, 0.2) is 0 Å². The third kappa shape index (κ3) is 5.30. The standard InChI is InChI=1S/C12H20N2O2S/c1-3-10-4-5-11(17-10)12(16)14-7-6-13-8-9(2)15/h4-5,9,13,15H,3,6-8H2,1-2H3,(H,14,16). The van der Waals surface area contributed by atoms with E-state index in [2.05, 4.69) is 17.6 Å². The molecular weight excluding hydrogens is 236 g/mol. The lowest BCUT2D eigenvalue weighted by molar-refractivity contribution is 0.0957. The minimum Gasteiger partial charge on any atom is -0.392 e. The van der Waals surface area contributed by atoms with Gasteiger partial charge in [-0.15, -0.1) is 11.3 Å². The first-order chi connectivity index (χ1) is 8.13. The molecule has 0 saturated heterocycles. The minimum atomic E-state index is -0.352. The van der Waals surface area contributed by atoms with Gasteiger partial charge in [0.25, 0.3) is 5.91 Å². The first-order valence-corrected chi connectivity index (χ1v) is 6.70. The fraction of sp³-hybridized carbons (Fsp3) is 0.583. The average Bonchev–Trinajstić information content (AvgIpc) is 2.76. The number of aliphatic hydroxyl groups is 1. The van der Waals surface area contributed by atoms with Gasteiger partial charge in [0.1, 0.15) is 0 Å². The number of aryl methyl sites for hydroxylation is 1. The van der Waals surface area contributed by atoms with Crippen LogP contribution in [0.5, 0.6) is 0 Å². The number of amides is 1. The van der Waals surface area contributed by atoms with Crippen LogP contribution in [0, 0.1) is 0 Å². The molecule has 1 rings (SSSR count). The van der Waals surface area contributed by atoms with Crippen LogP contribution in [0.15, 0.2) is 12.1 Å². The fourth-order valence-electron chi connectivity index (χ4n) is 1.35. The van der Waals surface area contributed by atoms with E-state index < -0.39 is 0 Å². The zero-order chi connectivity index (χ0) is 12.7. The van der Waals surface area contributed by atoms with Crippen LogP contribution in [-0.4, -0.2) is 36.8 Å². The van der Waals surface area contributed by atoms with Crippen LogP contribution in [0.1, 0.15) is 28.4 Å². The Hall–Kier alpha value is -0.910. The molecule has 0 radical (unpaired) electrons. The Balaban J connectivity index is 2.21. The quantitative estimate of drug-likeness (QED) is 0.638.